The lowest BCUT2D eigenvalue weighted by Crippen LogP contribution is -2.73. The first-order valence-corrected chi connectivity index (χ1v) is 14.0. The largest absolute Gasteiger partial charge is 0.489 e. The zero-order valence-corrected chi connectivity index (χ0v) is 22.7. The Hall–Kier alpha value is -3.47. The second-order valence-electron chi connectivity index (χ2n) is 9.95. The molecule has 1 saturated heterocycles. The predicted molar refractivity (Wildman–Crippen MR) is 145 cm³/mol. The first-order valence-electron chi connectivity index (χ1n) is 12.6. The van der Waals surface area contributed by atoms with Crippen molar-refractivity contribution in [1.29, 1.82) is 0 Å². The number of para-hydroxylation sites is 1. The Labute approximate surface area is 223 Å². The molecule has 0 aliphatic carbocycles. The van der Waals surface area contributed by atoms with Crippen LogP contribution in [-0.2, 0) is 21.4 Å². The third-order valence-electron chi connectivity index (χ3n) is 6.99. The maximum Gasteiger partial charge on any atom is 0.241 e. The van der Waals surface area contributed by atoms with Gasteiger partial charge < -0.3 is 9.64 Å². The molecule has 202 valence electrons. The van der Waals surface area contributed by atoms with Crippen LogP contribution in [-0.4, -0.2) is 48.0 Å². The van der Waals surface area contributed by atoms with Crippen LogP contribution in [0.25, 0.3) is 10.9 Å². The smallest absolute Gasteiger partial charge is 0.241 e. The van der Waals surface area contributed by atoms with Crippen molar-refractivity contribution in [3.8, 4) is 5.75 Å². The summed E-state index contributed by atoms with van der Waals surface area (Å²) >= 11 is 0. The van der Waals surface area contributed by atoms with Crippen LogP contribution in [0.5, 0.6) is 5.75 Å². The van der Waals surface area contributed by atoms with Gasteiger partial charge in [0.2, 0.25) is 15.9 Å². The van der Waals surface area contributed by atoms with Gasteiger partial charge in [-0.1, -0.05) is 45.0 Å². The van der Waals surface area contributed by atoms with Gasteiger partial charge in [0.05, 0.1) is 16.1 Å². The number of benzene rings is 2. The molecule has 1 aliphatic rings. The fourth-order valence-corrected chi connectivity index (χ4v) is 5.86. The van der Waals surface area contributed by atoms with E-state index < -0.39 is 15.6 Å². The van der Waals surface area contributed by atoms with Gasteiger partial charge >= 0.3 is 0 Å². The molecule has 1 amide bonds. The lowest BCUT2D eigenvalue weighted by Gasteiger charge is -2.50. The Bertz CT molecular complexity index is 1430. The Morgan fingerprint density at radius 3 is 2.55 bits per heavy atom. The van der Waals surface area contributed by atoms with E-state index in [0.29, 0.717) is 18.8 Å². The number of aryl methyl sites for hydroxylation is 1. The van der Waals surface area contributed by atoms with Gasteiger partial charge in [-0.15, -0.1) is 0 Å². The van der Waals surface area contributed by atoms with Gasteiger partial charge in [0, 0.05) is 36.2 Å². The zero-order chi connectivity index (χ0) is 27.5. The molecule has 10 heteroatoms. The van der Waals surface area contributed by atoms with Crippen molar-refractivity contribution in [2.75, 3.05) is 13.1 Å². The molecule has 1 fully saturated rings. The second kappa shape index (κ2) is 11.1. The van der Waals surface area contributed by atoms with Crippen LogP contribution in [0.2, 0.25) is 0 Å². The Balaban J connectivity index is 1.44. The van der Waals surface area contributed by atoms with Crippen LogP contribution in [0.15, 0.2) is 71.8 Å². The van der Waals surface area contributed by atoms with E-state index in [1.165, 1.54) is 12.1 Å². The standard InChI is InChI=1S/C28H34N4O5S/c1-5-19(2)14-27(33)32-17-28(18-32,21(4)30-34)31-38(35,36)24-12-10-23(11-13-24)37-16-22-15-20(3)29-26-9-7-6-8-25(22)26/h6-13,15,19,30-31,34H,4-5,14,16-18H2,1-3H3. The highest BCUT2D eigenvalue weighted by Crippen LogP contribution is 2.30. The van der Waals surface area contributed by atoms with E-state index in [-0.39, 0.29) is 35.5 Å². The number of pyridine rings is 1. The summed E-state index contributed by atoms with van der Waals surface area (Å²) in [7, 11) is -3.99. The summed E-state index contributed by atoms with van der Waals surface area (Å²) in [6, 6.07) is 15.9. The molecule has 2 aromatic carbocycles. The molecular weight excluding hydrogens is 504 g/mol. The summed E-state index contributed by atoms with van der Waals surface area (Å²) in [6.45, 7) is 10.2. The number of fused-ring (bicyclic) bond motifs is 1. The number of hydrogen-bond acceptors (Lipinski definition) is 7. The van der Waals surface area contributed by atoms with Crippen molar-refractivity contribution >= 4 is 26.8 Å². The third kappa shape index (κ3) is 5.82. The van der Waals surface area contributed by atoms with Crippen molar-refractivity contribution < 1.29 is 23.2 Å². The SMILES string of the molecule is C=C(NO)C1(NS(=O)(=O)c2ccc(OCc3cc(C)nc4ccccc34)cc2)CN(C(=O)CC(C)CC)C1. The van der Waals surface area contributed by atoms with Gasteiger partial charge in [0.1, 0.15) is 17.9 Å². The van der Waals surface area contributed by atoms with E-state index in [2.05, 4.69) is 16.3 Å². The van der Waals surface area contributed by atoms with Crippen LogP contribution in [0, 0.1) is 12.8 Å². The maximum absolute atomic E-state index is 13.2. The monoisotopic (exact) mass is 538 g/mol. The number of rotatable bonds is 11. The number of sulfonamides is 1. The highest BCUT2D eigenvalue weighted by Gasteiger charge is 2.50. The van der Waals surface area contributed by atoms with Gasteiger partial charge in [-0.25, -0.2) is 8.42 Å². The molecule has 0 saturated carbocycles. The fraction of sp³-hybridized carbons (Fsp3) is 0.357. The molecule has 38 heavy (non-hydrogen) atoms. The quantitative estimate of drug-likeness (QED) is 0.317. The molecule has 0 radical (unpaired) electrons. The number of hydrogen-bond donors (Lipinski definition) is 3. The summed E-state index contributed by atoms with van der Waals surface area (Å²) < 4.78 is 35.0. The van der Waals surface area contributed by atoms with Crippen molar-refractivity contribution in [3.05, 3.63) is 78.1 Å². The molecule has 9 nitrogen and oxygen atoms in total. The van der Waals surface area contributed by atoms with E-state index in [1.54, 1.807) is 17.0 Å². The molecular formula is C28H34N4O5S. The Morgan fingerprint density at radius 1 is 1.21 bits per heavy atom. The number of nitrogens with one attached hydrogen (secondary N) is 2. The zero-order valence-electron chi connectivity index (χ0n) is 21.9. The average Bonchev–Trinajstić information content (AvgIpc) is 2.88. The molecule has 1 atom stereocenters. The van der Waals surface area contributed by atoms with Crippen LogP contribution >= 0.6 is 0 Å². The van der Waals surface area contributed by atoms with Gasteiger partial charge in [0.25, 0.3) is 0 Å². The molecule has 1 unspecified atom stereocenters. The van der Waals surface area contributed by atoms with Crippen molar-refractivity contribution in [2.45, 2.75) is 50.7 Å². The minimum absolute atomic E-state index is 0.0320. The maximum atomic E-state index is 13.2. The van der Waals surface area contributed by atoms with Crippen LogP contribution in [0.1, 0.15) is 37.9 Å². The Morgan fingerprint density at radius 2 is 1.89 bits per heavy atom. The normalized spacial score (nSPS) is 15.5. The summed E-state index contributed by atoms with van der Waals surface area (Å²) in [5.74, 6) is 0.693. The number of carbonyl (C=O) groups is 1. The minimum Gasteiger partial charge on any atom is -0.489 e. The lowest BCUT2D eigenvalue weighted by atomic mass is 9.87. The lowest BCUT2D eigenvalue weighted by molar-refractivity contribution is -0.139. The summed E-state index contributed by atoms with van der Waals surface area (Å²) in [5.41, 5.74) is 3.60. The van der Waals surface area contributed by atoms with Gasteiger partial charge in [0.15, 0.2) is 0 Å². The van der Waals surface area contributed by atoms with E-state index in [1.807, 2.05) is 56.6 Å². The van der Waals surface area contributed by atoms with Crippen molar-refractivity contribution in [1.82, 2.24) is 20.1 Å². The minimum atomic E-state index is -3.99. The van der Waals surface area contributed by atoms with Gasteiger partial charge in [-0.05, 0) is 49.2 Å². The Kier molecular flexibility index (Phi) is 8.05. The molecule has 1 aliphatic heterocycles. The van der Waals surface area contributed by atoms with Gasteiger partial charge in [-0.3, -0.25) is 20.5 Å². The van der Waals surface area contributed by atoms with E-state index in [9.17, 15) is 18.4 Å². The number of amides is 1. The van der Waals surface area contributed by atoms with Crippen LogP contribution < -0.4 is 14.9 Å². The number of likely N-dealkylation sites (tertiary alicyclic amines) is 1. The summed E-state index contributed by atoms with van der Waals surface area (Å²) in [6.07, 6.45) is 1.26. The van der Waals surface area contributed by atoms with E-state index in [0.717, 1.165) is 28.6 Å². The predicted octanol–water partition coefficient (Wildman–Crippen LogP) is 3.91. The molecule has 3 aromatic rings. The number of hydroxylamine groups is 1. The first-order chi connectivity index (χ1) is 18.1. The molecule has 2 heterocycles. The number of nitrogens with zero attached hydrogens (tertiary/aromatic N) is 2. The second-order valence-corrected chi connectivity index (χ2v) is 11.6. The number of aromatic nitrogens is 1. The van der Waals surface area contributed by atoms with E-state index >= 15 is 0 Å². The number of ether oxygens (including phenoxy) is 1. The highest BCUT2D eigenvalue weighted by molar-refractivity contribution is 7.89. The molecule has 4 rings (SSSR count). The molecule has 0 spiro atoms. The van der Waals surface area contributed by atoms with Gasteiger partial charge in [-0.2, -0.15) is 4.72 Å². The number of carbonyl (C=O) groups excluding carboxylic acids is 1. The highest BCUT2D eigenvalue weighted by atomic mass is 32.2. The summed E-state index contributed by atoms with van der Waals surface area (Å²) in [4.78, 5) is 18.7. The molecule has 1 aromatic heterocycles. The van der Waals surface area contributed by atoms with Crippen molar-refractivity contribution in [2.24, 2.45) is 5.92 Å². The topological polar surface area (TPSA) is 121 Å². The van der Waals surface area contributed by atoms with E-state index in [4.69, 9.17) is 4.74 Å². The third-order valence-corrected chi connectivity index (χ3v) is 8.55. The first kappa shape index (κ1) is 27.6. The summed E-state index contributed by atoms with van der Waals surface area (Å²) in [5, 5.41) is 10.5. The van der Waals surface area contributed by atoms with Crippen molar-refractivity contribution in [3.63, 3.8) is 0 Å². The fourth-order valence-electron chi connectivity index (χ4n) is 4.48. The average molecular weight is 539 g/mol. The van der Waals surface area contributed by atoms with Crippen LogP contribution in [0.4, 0.5) is 0 Å². The van der Waals surface area contributed by atoms with Crippen LogP contribution in [0.3, 0.4) is 0 Å². The molecule has 3 N–H and O–H groups in total. The molecule has 0 bridgehead atoms.